The fourth-order valence-electron chi connectivity index (χ4n) is 1.66. The molecule has 0 atom stereocenters. The molecule has 17 heavy (non-hydrogen) atoms. The molecule has 0 spiro atoms. The monoisotopic (exact) mass is 256 g/mol. The largest absolute Gasteiger partial charge is 0.386 e. The Morgan fingerprint density at radius 1 is 1.47 bits per heavy atom. The zero-order chi connectivity index (χ0) is 11.5. The van der Waals surface area contributed by atoms with Crippen molar-refractivity contribution in [3.8, 4) is 0 Å². The van der Waals surface area contributed by atoms with Gasteiger partial charge in [-0.1, -0.05) is 12.1 Å². The first kappa shape index (κ1) is 13.6. The maximum atomic E-state index is 5.19. The van der Waals surface area contributed by atoms with Crippen molar-refractivity contribution in [3.05, 3.63) is 29.4 Å². The average Bonchev–Trinajstić information content (AvgIpc) is 2.88. The maximum Gasteiger partial charge on any atom is 0.138 e. The fraction of sp³-hybridized carbons (Fsp3) is 0.455. The molecule has 0 saturated carbocycles. The molecular formula is C11H17ClN4O. The van der Waals surface area contributed by atoms with Crippen LogP contribution in [0.15, 0.2) is 16.9 Å². The molecule has 0 radical (unpaired) electrons. The zero-order valence-corrected chi connectivity index (χ0v) is 11.0. The minimum absolute atomic E-state index is 0. The summed E-state index contributed by atoms with van der Waals surface area (Å²) in [7, 11) is 1.88. The van der Waals surface area contributed by atoms with E-state index >= 15 is 0 Å². The Hall–Kier alpha value is -1.49. The molecule has 0 bridgehead atoms. The number of hydrogen-bond acceptors (Lipinski definition) is 4. The van der Waals surface area contributed by atoms with Gasteiger partial charge in [0.15, 0.2) is 0 Å². The van der Waals surface area contributed by atoms with Gasteiger partial charge in [-0.05, 0) is 13.3 Å². The SMILES string of the molecule is CCc1noc(C)c1Cn1cc(NC)cn1.Cl. The fourth-order valence-corrected chi connectivity index (χ4v) is 1.66. The summed E-state index contributed by atoms with van der Waals surface area (Å²) < 4.78 is 7.06. The molecule has 0 fully saturated rings. The molecule has 0 saturated heterocycles. The van der Waals surface area contributed by atoms with Crippen molar-refractivity contribution >= 4 is 18.1 Å². The van der Waals surface area contributed by atoms with Crippen LogP contribution in [0.2, 0.25) is 0 Å². The lowest BCUT2D eigenvalue weighted by Gasteiger charge is -2.01. The standard InChI is InChI=1S/C11H16N4O.ClH/c1-4-11-10(8(2)16-14-11)7-15-6-9(12-3)5-13-15;/h5-6,12H,4,7H2,1-3H3;1H. The van der Waals surface area contributed by atoms with Crippen molar-refractivity contribution in [2.45, 2.75) is 26.8 Å². The van der Waals surface area contributed by atoms with Crippen molar-refractivity contribution in [3.63, 3.8) is 0 Å². The van der Waals surface area contributed by atoms with Crippen LogP contribution in [0.3, 0.4) is 0 Å². The highest BCUT2D eigenvalue weighted by atomic mass is 35.5. The lowest BCUT2D eigenvalue weighted by atomic mass is 10.1. The van der Waals surface area contributed by atoms with Crippen molar-refractivity contribution in [2.24, 2.45) is 0 Å². The minimum Gasteiger partial charge on any atom is -0.386 e. The maximum absolute atomic E-state index is 5.19. The molecule has 2 rings (SSSR count). The third-order valence-corrected chi connectivity index (χ3v) is 2.64. The highest BCUT2D eigenvalue weighted by molar-refractivity contribution is 5.85. The number of aromatic nitrogens is 3. The van der Waals surface area contributed by atoms with E-state index in [0.717, 1.165) is 29.1 Å². The first-order valence-corrected chi connectivity index (χ1v) is 5.38. The van der Waals surface area contributed by atoms with Crippen LogP contribution in [0.25, 0.3) is 0 Å². The first-order valence-electron chi connectivity index (χ1n) is 5.38. The van der Waals surface area contributed by atoms with E-state index in [1.807, 2.05) is 24.9 Å². The Bertz CT molecular complexity index is 478. The second-order valence-corrected chi connectivity index (χ2v) is 3.69. The molecule has 6 heteroatoms. The molecule has 0 aliphatic carbocycles. The minimum atomic E-state index is 0. The van der Waals surface area contributed by atoms with E-state index in [1.165, 1.54) is 0 Å². The van der Waals surface area contributed by atoms with E-state index in [-0.39, 0.29) is 12.4 Å². The predicted molar refractivity (Wildman–Crippen MR) is 68.7 cm³/mol. The highest BCUT2D eigenvalue weighted by Crippen LogP contribution is 2.16. The molecular weight excluding hydrogens is 240 g/mol. The summed E-state index contributed by atoms with van der Waals surface area (Å²) in [5.74, 6) is 0.873. The Morgan fingerprint density at radius 2 is 2.24 bits per heavy atom. The van der Waals surface area contributed by atoms with Crippen LogP contribution in [0.1, 0.15) is 23.9 Å². The smallest absolute Gasteiger partial charge is 0.138 e. The number of hydrogen-bond donors (Lipinski definition) is 1. The van der Waals surface area contributed by atoms with Crippen LogP contribution in [0.4, 0.5) is 5.69 Å². The van der Waals surface area contributed by atoms with Crippen LogP contribution in [0, 0.1) is 6.92 Å². The van der Waals surface area contributed by atoms with Gasteiger partial charge < -0.3 is 9.84 Å². The van der Waals surface area contributed by atoms with E-state index in [4.69, 9.17) is 4.52 Å². The average molecular weight is 257 g/mol. The van der Waals surface area contributed by atoms with Crippen molar-refractivity contribution in [2.75, 3.05) is 12.4 Å². The van der Waals surface area contributed by atoms with E-state index in [9.17, 15) is 0 Å². The number of anilines is 1. The van der Waals surface area contributed by atoms with Gasteiger partial charge in [0.25, 0.3) is 0 Å². The molecule has 0 unspecified atom stereocenters. The van der Waals surface area contributed by atoms with Gasteiger partial charge in [-0.3, -0.25) is 4.68 Å². The van der Waals surface area contributed by atoms with Gasteiger partial charge in [0.2, 0.25) is 0 Å². The Balaban J connectivity index is 0.00000144. The second kappa shape index (κ2) is 5.72. The van der Waals surface area contributed by atoms with Crippen LogP contribution >= 0.6 is 12.4 Å². The van der Waals surface area contributed by atoms with Crippen molar-refractivity contribution < 1.29 is 4.52 Å². The highest BCUT2D eigenvalue weighted by Gasteiger charge is 2.11. The number of nitrogens with zero attached hydrogens (tertiary/aromatic N) is 3. The Kier molecular flexibility index (Phi) is 4.57. The van der Waals surface area contributed by atoms with Gasteiger partial charge in [-0.15, -0.1) is 12.4 Å². The molecule has 2 aromatic heterocycles. The Morgan fingerprint density at radius 3 is 2.82 bits per heavy atom. The lowest BCUT2D eigenvalue weighted by molar-refractivity contribution is 0.390. The van der Waals surface area contributed by atoms with Gasteiger partial charge in [-0.2, -0.15) is 5.10 Å². The summed E-state index contributed by atoms with van der Waals surface area (Å²) in [5, 5.41) is 11.3. The molecule has 0 aromatic carbocycles. The molecule has 94 valence electrons. The quantitative estimate of drug-likeness (QED) is 0.912. The molecule has 0 aliphatic rings. The van der Waals surface area contributed by atoms with Gasteiger partial charge in [0.1, 0.15) is 5.76 Å². The summed E-state index contributed by atoms with van der Waals surface area (Å²) in [6.45, 7) is 4.72. The predicted octanol–water partition coefficient (Wildman–Crippen LogP) is 2.25. The number of rotatable bonds is 4. The second-order valence-electron chi connectivity index (χ2n) is 3.69. The van der Waals surface area contributed by atoms with Crippen LogP contribution in [-0.4, -0.2) is 22.0 Å². The molecule has 2 heterocycles. The van der Waals surface area contributed by atoms with Gasteiger partial charge in [-0.25, -0.2) is 0 Å². The van der Waals surface area contributed by atoms with Crippen molar-refractivity contribution in [1.82, 2.24) is 14.9 Å². The topological polar surface area (TPSA) is 55.9 Å². The van der Waals surface area contributed by atoms with E-state index in [0.29, 0.717) is 6.54 Å². The van der Waals surface area contributed by atoms with Crippen LogP contribution in [-0.2, 0) is 13.0 Å². The first-order chi connectivity index (χ1) is 7.74. The summed E-state index contributed by atoms with van der Waals surface area (Å²) >= 11 is 0. The molecule has 5 nitrogen and oxygen atoms in total. The third-order valence-electron chi connectivity index (χ3n) is 2.64. The molecule has 1 N–H and O–H groups in total. The molecule has 2 aromatic rings. The van der Waals surface area contributed by atoms with Crippen LogP contribution < -0.4 is 5.32 Å². The van der Waals surface area contributed by atoms with E-state index in [1.54, 1.807) is 6.20 Å². The lowest BCUT2D eigenvalue weighted by Crippen LogP contribution is -2.03. The van der Waals surface area contributed by atoms with Gasteiger partial charge in [0, 0.05) is 18.8 Å². The normalized spacial score (nSPS) is 10.1. The summed E-state index contributed by atoms with van der Waals surface area (Å²) in [4.78, 5) is 0. The zero-order valence-electron chi connectivity index (χ0n) is 10.2. The number of halogens is 1. The summed E-state index contributed by atoms with van der Waals surface area (Å²) in [5.41, 5.74) is 3.15. The van der Waals surface area contributed by atoms with Crippen LogP contribution in [0.5, 0.6) is 0 Å². The van der Waals surface area contributed by atoms with E-state index in [2.05, 4.69) is 22.5 Å². The summed E-state index contributed by atoms with van der Waals surface area (Å²) in [6, 6.07) is 0. The molecule has 0 amide bonds. The number of nitrogens with one attached hydrogen (secondary N) is 1. The number of aryl methyl sites for hydroxylation is 2. The molecule has 0 aliphatic heterocycles. The Labute approximate surface area is 107 Å². The third kappa shape index (κ3) is 2.79. The van der Waals surface area contributed by atoms with Gasteiger partial charge in [0.05, 0.1) is 24.1 Å². The van der Waals surface area contributed by atoms with Gasteiger partial charge >= 0.3 is 0 Å². The van der Waals surface area contributed by atoms with Crippen molar-refractivity contribution in [1.29, 1.82) is 0 Å². The van der Waals surface area contributed by atoms with E-state index < -0.39 is 0 Å². The summed E-state index contributed by atoms with van der Waals surface area (Å²) in [6.07, 6.45) is 4.65.